The maximum absolute atomic E-state index is 11.4. The summed E-state index contributed by atoms with van der Waals surface area (Å²) in [7, 11) is 0. The van der Waals surface area contributed by atoms with Crippen molar-refractivity contribution < 1.29 is 9.90 Å². The molecule has 4 heteroatoms. The zero-order chi connectivity index (χ0) is 13.4. The Hall–Kier alpha value is -1.84. The lowest BCUT2D eigenvalue weighted by Crippen LogP contribution is -2.21. The van der Waals surface area contributed by atoms with E-state index in [2.05, 4.69) is 16.5 Å². The van der Waals surface area contributed by atoms with Crippen LogP contribution in [0.25, 0.3) is 11.0 Å². The summed E-state index contributed by atoms with van der Waals surface area (Å²) in [6.07, 6.45) is 6.61. The standard InChI is InChI=1S/C15H18N2O2/c1-10-5-2-3-8-13(10)17-9-16-12-7-4-6-11(14(12)17)15(18)19/h4,6-7,9-10,13H,2-3,5,8H2,1H3,(H,18,19). The van der Waals surface area contributed by atoms with Crippen molar-refractivity contribution in [1.82, 2.24) is 9.55 Å². The van der Waals surface area contributed by atoms with Crippen LogP contribution in [0.5, 0.6) is 0 Å². The molecule has 2 unspecified atom stereocenters. The highest BCUT2D eigenvalue weighted by Gasteiger charge is 2.25. The normalized spacial score (nSPS) is 23.6. The van der Waals surface area contributed by atoms with E-state index < -0.39 is 5.97 Å². The van der Waals surface area contributed by atoms with Crippen molar-refractivity contribution in [3.63, 3.8) is 0 Å². The van der Waals surface area contributed by atoms with Crippen LogP contribution in [0.4, 0.5) is 0 Å². The third-order valence-corrected chi connectivity index (χ3v) is 4.25. The Morgan fingerprint density at radius 3 is 2.89 bits per heavy atom. The predicted molar refractivity (Wildman–Crippen MR) is 73.4 cm³/mol. The number of nitrogens with zero attached hydrogens (tertiary/aromatic N) is 2. The molecule has 3 rings (SSSR count). The van der Waals surface area contributed by atoms with Gasteiger partial charge in [0.2, 0.25) is 0 Å². The molecule has 1 aliphatic carbocycles. The van der Waals surface area contributed by atoms with E-state index in [0.717, 1.165) is 17.5 Å². The zero-order valence-electron chi connectivity index (χ0n) is 11.0. The molecule has 0 radical (unpaired) electrons. The summed E-state index contributed by atoms with van der Waals surface area (Å²) >= 11 is 0. The SMILES string of the molecule is CC1CCCCC1n1cnc2cccc(C(=O)O)c21. The minimum absolute atomic E-state index is 0.354. The average Bonchev–Trinajstić information content (AvgIpc) is 2.82. The molecule has 1 aromatic heterocycles. The highest BCUT2D eigenvalue weighted by atomic mass is 16.4. The van der Waals surface area contributed by atoms with Gasteiger partial charge >= 0.3 is 5.97 Å². The van der Waals surface area contributed by atoms with Gasteiger partial charge in [-0.2, -0.15) is 0 Å². The Kier molecular flexibility index (Phi) is 3.01. The van der Waals surface area contributed by atoms with Crippen LogP contribution >= 0.6 is 0 Å². The van der Waals surface area contributed by atoms with E-state index in [0.29, 0.717) is 17.5 Å². The van der Waals surface area contributed by atoms with Gasteiger partial charge in [-0.25, -0.2) is 9.78 Å². The number of fused-ring (bicyclic) bond motifs is 1. The highest BCUT2D eigenvalue weighted by Crippen LogP contribution is 2.36. The number of rotatable bonds is 2. The summed E-state index contributed by atoms with van der Waals surface area (Å²) in [6, 6.07) is 5.68. The van der Waals surface area contributed by atoms with Gasteiger partial charge in [-0.15, -0.1) is 0 Å². The molecule has 2 atom stereocenters. The van der Waals surface area contributed by atoms with Gasteiger partial charge < -0.3 is 9.67 Å². The van der Waals surface area contributed by atoms with Gasteiger partial charge in [-0.1, -0.05) is 25.8 Å². The second-order valence-electron chi connectivity index (χ2n) is 5.46. The maximum atomic E-state index is 11.4. The number of aromatic carboxylic acids is 1. The Labute approximate surface area is 112 Å². The molecule has 19 heavy (non-hydrogen) atoms. The van der Waals surface area contributed by atoms with Crippen LogP contribution in [-0.2, 0) is 0 Å². The topological polar surface area (TPSA) is 55.1 Å². The fourth-order valence-corrected chi connectivity index (χ4v) is 3.22. The van der Waals surface area contributed by atoms with E-state index in [9.17, 15) is 9.90 Å². The minimum atomic E-state index is -0.879. The largest absolute Gasteiger partial charge is 0.478 e. The van der Waals surface area contributed by atoms with Crippen LogP contribution in [0.2, 0.25) is 0 Å². The Morgan fingerprint density at radius 2 is 2.16 bits per heavy atom. The fourth-order valence-electron chi connectivity index (χ4n) is 3.22. The molecule has 0 amide bonds. The van der Waals surface area contributed by atoms with Gasteiger partial charge in [0.1, 0.15) is 0 Å². The molecule has 4 nitrogen and oxygen atoms in total. The second-order valence-corrected chi connectivity index (χ2v) is 5.46. The van der Waals surface area contributed by atoms with Crippen LogP contribution in [0.1, 0.15) is 49.0 Å². The number of carbonyl (C=O) groups is 1. The monoisotopic (exact) mass is 258 g/mol. The number of hydrogen-bond acceptors (Lipinski definition) is 2. The van der Waals surface area contributed by atoms with Crippen molar-refractivity contribution >= 4 is 17.0 Å². The van der Waals surface area contributed by atoms with Gasteiger partial charge in [0.05, 0.1) is 22.9 Å². The molecular weight excluding hydrogens is 240 g/mol. The summed E-state index contributed by atoms with van der Waals surface area (Å²) in [6.45, 7) is 2.25. The van der Waals surface area contributed by atoms with Crippen LogP contribution in [0.3, 0.4) is 0 Å². The summed E-state index contributed by atoms with van der Waals surface area (Å²) in [5.74, 6) is -0.302. The molecule has 1 aliphatic rings. The number of aromatic nitrogens is 2. The van der Waals surface area contributed by atoms with Crippen molar-refractivity contribution in [2.45, 2.75) is 38.6 Å². The molecule has 0 saturated heterocycles. The molecule has 1 fully saturated rings. The van der Waals surface area contributed by atoms with Crippen LogP contribution in [0, 0.1) is 5.92 Å². The molecule has 0 bridgehead atoms. The van der Waals surface area contributed by atoms with E-state index in [1.54, 1.807) is 12.1 Å². The first kappa shape index (κ1) is 12.2. The van der Waals surface area contributed by atoms with Gasteiger partial charge in [-0.05, 0) is 30.9 Å². The van der Waals surface area contributed by atoms with Gasteiger partial charge in [0.15, 0.2) is 0 Å². The van der Waals surface area contributed by atoms with Crippen molar-refractivity contribution in [3.8, 4) is 0 Å². The van der Waals surface area contributed by atoms with Gasteiger partial charge in [0.25, 0.3) is 0 Å². The summed E-state index contributed by atoms with van der Waals surface area (Å²) < 4.78 is 2.09. The molecule has 100 valence electrons. The molecule has 1 N–H and O–H groups in total. The van der Waals surface area contributed by atoms with E-state index in [1.165, 1.54) is 19.3 Å². The molecule has 1 aromatic carbocycles. The van der Waals surface area contributed by atoms with E-state index in [-0.39, 0.29) is 0 Å². The average molecular weight is 258 g/mol. The zero-order valence-corrected chi connectivity index (χ0v) is 11.0. The molecule has 1 saturated carbocycles. The third-order valence-electron chi connectivity index (χ3n) is 4.25. The lowest BCUT2D eigenvalue weighted by atomic mass is 9.85. The number of carboxylic acids is 1. The third kappa shape index (κ3) is 2.01. The summed E-state index contributed by atoms with van der Waals surface area (Å²) in [5, 5.41) is 9.35. The smallest absolute Gasteiger partial charge is 0.337 e. The molecule has 0 spiro atoms. The van der Waals surface area contributed by atoms with E-state index in [1.807, 2.05) is 12.4 Å². The van der Waals surface area contributed by atoms with E-state index in [4.69, 9.17) is 0 Å². The maximum Gasteiger partial charge on any atom is 0.337 e. The second kappa shape index (κ2) is 4.68. The first-order valence-corrected chi connectivity index (χ1v) is 6.87. The summed E-state index contributed by atoms with van der Waals surface area (Å²) in [5.41, 5.74) is 1.90. The van der Waals surface area contributed by atoms with Gasteiger partial charge in [-0.3, -0.25) is 0 Å². The Bertz CT molecular complexity index is 618. The van der Waals surface area contributed by atoms with Crippen LogP contribution in [0.15, 0.2) is 24.5 Å². The van der Waals surface area contributed by atoms with Gasteiger partial charge in [0, 0.05) is 6.04 Å². The predicted octanol–water partition coefficient (Wildman–Crippen LogP) is 3.49. The van der Waals surface area contributed by atoms with Crippen molar-refractivity contribution in [2.24, 2.45) is 5.92 Å². The number of imidazole rings is 1. The fraction of sp³-hybridized carbons (Fsp3) is 0.467. The summed E-state index contributed by atoms with van der Waals surface area (Å²) in [4.78, 5) is 15.8. The van der Waals surface area contributed by atoms with E-state index >= 15 is 0 Å². The Balaban J connectivity index is 2.15. The first-order chi connectivity index (χ1) is 9.18. The molecule has 0 aliphatic heterocycles. The molecular formula is C15H18N2O2. The van der Waals surface area contributed by atoms with Crippen molar-refractivity contribution in [2.75, 3.05) is 0 Å². The highest BCUT2D eigenvalue weighted by molar-refractivity contribution is 6.01. The molecule has 2 aromatic rings. The lowest BCUT2D eigenvalue weighted by Gasteiger charge is -2.30. The first-order valence-electron chi connectivity index (χ1n) is 6.87. The van der Waals surface area contributed by atoms with Crippen LogP contribution < -0.4 is 0 Å². The Morgan fingerprint density at radius 1 is 1.37 bits per heavy atom. The minimum Gasteiger partial charge on any atom is -0.478 e. The number of carboxylic acid groups (broad SMARTS) is 1. The van der Waals surface area contributed by atoms with Crippen molar-refractivity contribution in [3.05, 3.63) is 30.1 Å². The quantitative estimate of drug-likeness (QED) is 0.897. The number of hydrogen-bond donors (Lipinski definition) is 1. The van der Waals surface area contributed by atoms with Crippen molar-refractivity contribution in [1.29, 1.82) is 0 Å². The van der Waals surface area contributed by atoms with Crippen LogP contribution in [-0.4, -0.2) is 20.6 Å². The molecule has 1 heterocycles. The number of benzene rings is 1. The number of para-hydroxylation sites is 1. The lowest BCUT2D eigenvalue weighted by molar-refractivity contribution is 0.0698.